The van der Waals surface area contributed by atoms with Crippen LogP contribution in [0.4, 0.5) is 8.78 Å². The minimum Gasteiger partial charge on any atom is -0.345 e. The average Bonchev–Trinajstić information content (AvgIpc) is 2.81. The minimum atomic E-state index is -1.11. The summed E-state index contributed by atoms with van der Waals surface area (Å²) >= 11 is 0. The lowest BCUT2D eigenvalue weighted by molar-refractivity contribution is 0.0898. The van der Waals surface area contributed by atoms with Crippen molar-refractivity contribution >= 4 is 18.3 Å². The van der Waals surface area contributed by atoms with Crippen LogP contribution >= 0.6 is 12.4 Å². The standard InChI is InChI=1S/C13H16F2N2O.ClH/c14-10-5-3-4-9(11(10)15)12(18)17-13(8-16)6-1-2-7-13;/h3-5H,1-2,6-8,16H2,(H,17,18);1H. The molecule has 1 fully saturated rings. The Balaban J connectivity index is 0.00000180. The molecule has 0 saturated heterocycles. The van der Waals surface area contributed by atoms with Gasteiger partial charge < -0.3 is 11.1 Å². The van der Waals surface area contributed by atoms with E-state index in [1.54, 1.807) is 0 Å². The number of nitrogens with two attached hydrogens (primary N) is 1. The van der Waals surface area contributed by atoms with Crippen LogP contribution in [0.2, 0.25) is 0 Å². The molecule has 19 heavy (non-hydrogen) atoms. The first-order valence-corrected chi connectivity index (χ1v) is 6.05. The van der Waals surface area contributed by atoms with Crippen molar-refractivity contribution in [1.82, 2.24) is 5.32 Å². The molecular formula is C13H17ClF2N2O. The Morgan fingerprint density at radius 2 is 1.95 bits per heavy atom. The summed E-state index contributed by atoms with van der Waals surface area (Å²) < 4.78 is 26.5. The minimum absolute atomic E-state index is 0. The zero-order valence-electron chi connectivity index (χ0n) is 10.4. The Morgan fingerprint density at radius 1 is 1.32 bits per heavy atom. The summed E-state index contributed by atoms with van der Waals surface area (Å²) in [5, 5.41) is 2.76. The number of nitrogens with one attached hydrogen (secondary N) is 1. The van der Waals surface area contributed by atoms with E-state index < -0.39 is 23.1 Å². The molecule has 0 unspecified atom stereocenters. The summed E-state index contributed by atoms with van der Waals surface area (Å²) in [5.74, 6) is -2.73. The molecule has 0 aromatic heterocycles. The monoisotopic (exact) mass is 290 g/mol. The van der Waals surface area contributed by atoms with E-state index in [0.717, 1.165) is 31.7 Å². The quantitative estimate of drug-likeness (QED) is 0.898. The molecule has 0 atom stereocenters. The van der Waals surface area contributed by atoms with Crippen LogP contribution < -0.4 is 11.1 Å². The SMILES string of the molecule is Cl.NCC1(NC(=O)c2cccc(F)c2F)CCCC1. The van der Waals surface area contributed by atoms with Crippen LogP contribution in [0.25, 0.3) is 0 Å². The lowest BCUT2D eigenvalue weighted by Gasteiger charge is -2.28. The average molecular weight is 291 g/mol. The van der Waals surface area contributed by atoms with E-state index in [4.69, 9.17) is 5.73 Å². The third kappa shape index (κ3) is 3.22. The molecule has 2 rings (SSSR count). The molecule has 6 heteroatoms. The van der Waals surface area contributed by atoms with Crippen LogP contribution in [0.5, 0.6) is 0 Å². The van der Waals surface area contributed by atoms with E-state index in [1.165, 1.54) is 12.1 Å². The second-order valence-corrected chi connectivity index (χ2v) is 4.75. The largest absolute Gasteiger partial charge is 0.345 e. The molecule has 1 amide bonds. The van der Waals surface area contributed by atoms with E-state index >= 15 is 0 Å². The molecule has 0 bridgehead atoms. The highest BCUT2D eigenvalue weighted by Crippen LogP contribution is 2.29. The molecule has 1 aromatic rings. The van der Waals surface area contributed by atoms with E-state index in [2.05, 4.69) is 5.32 Å². The van der Waals surface area contributed by atoms with Crippen LogP contribution in [0.1, 0.15) is 36.0 Å². The van der Waals surface area contributed by atoms with Crippen LogP contribution in [0.3, 0.4) is 0 Å². The van der Waals surface area contributed by atoms with Crippen LogP contribution in [0.15, 0.2) is 18.2 Å². The molecule has 0 spiro atoms. The molecule has 1 aromatic carbocycles. The van der Waals surface area contributed by atoms with Gasteiger partial charge in [-0.1, -0.05) is 18.9 Å². The number of carbonyl (C=O) groups is 1. The highest BCUT2D eigenvalue weighted by molar-refractivity contribution is 5.95. The molecule has 1 aliphatic carbocycles. The predicted molar refractivity (Wildman–Crippen MR) is 71.3 cm³/mol. The fraction of sp³-hybridized carbons (Fsp3) is 0.462. The van der Waals surface area contributed by atoms with Crippen molar-refractivity contribution in [2.24, 2.45) is 5.73 Å². The van der Waals surface area contributed by atoms with Crippen molar-refractivity contribution in [3.05, 3.63) is 35.4 Å². The number of carbonyl (C=O) groups excluding carboxylic acids is 1. The van der Waals surface area contributed by atoms with Crippen LogP contribution in [0, 0.1) is 11.6 Å². The van der Waals surface area contributed by atoms with Crippen molar-refractivity contribution in [2.45, 2.75) is 31.2 Å². The number of rotatable bonds is 3. The van der Waals surface area contributed by atoms with Gasteiger partial charge in [-0.2, -0.15) is 0 Å². The van der Waals surface area contributed by atoms with Gasteiger partial charge in [-0.05, 0) is 25.0 Å². The lowest BCUT2D eigenvalue weighted by atomic mass is 9.97. The number of hydrogen-bond acceptors (Lipinski definition) is 2. The van der Waals surface area contributed by atoms with Gasteiger partial charge in [0.2, 0.25) is 0 Å². The van der Waals surface area contributed by atoms with Gasteiger partial charge in [0.05, 0.1) is 11.1 Å². The van der Waals surface area contributed by atoms with Crippen LogP contribution in [-0.2, 0) is 0 Å². The normalized spacial score (nSPS) is 16.8. The first kappa shape index (κ1) is 15.9. The van der Waals surface area contributed by atoms with E-state index in [9.17, 15) is 13.6 Å². The molecular weight excluding hydrogens is 274 g/mol. The van der Waals surface area contributed by atoms with E-state index in [-0.39, 0.29) is 18.0 Å². The highest BCUT2D eigenvalue weighted by atomic mass is 35.5. The maximum absolute atomic E-state index is 13.5. The Hall–Kier alpha value is -1.20. The maximum Gasteiger partial charge on any atom is 0.254 e. The third-order valence-electron chi connectivity index (χ3n) is 3.53. The number of hydrogen-bond donors (Lipinski definition) is 2. The molecule has 0 radical (unpaired) electrons. The van der Waals surface area contributed by atoms with Crippen molar-refractivity contribution < 1.29 is 13.6 Å². The van der Waals surface area contributed by atoms with E-state index in [1.807, 2.05) is 0 Å². The molecule has 3 N–H and O–H groups in total. The van der Waals surface area contributed by atoms with Gasteiger partial charge >= 0.3 is 0 Å². The van der Waals surface area contributed by atoms with Gasteiger partial charge in [0.25, 0.3) is 5.91 Å². The maximum atomic E-state index is 13.5. The van der Waals surface area contributed by atoms with Crippen molar-refractivity contribution in [3.63, 3.8) is 0 Å². The molecule has 3 nitrogen and oxygen atoms in total. The van der Waals surface area contributed by atoms with Gasteiger partial charge in [-0.3, -0.25) is 4.79 Å². The smallest absolute Gasteiger partial charge is 0.254 e. The highest BCUT2D eigenvalue weighted by Gasteiger charge is 2.34. The summed E-state index contributed by atoms with van der Waals surface area (Å²) in [4.78, 5) is 12.0. The van der Waals surface area contributed by atoms with Gasteiger partial charge in [0.15, 0.2) is 11.6 Å². The molecule has 106 valence electrons. The Bertz CT molecular complexity index is 462. The second-order valence-electron chi connectivity index (χ2n) is 4.75. The molecule has 0 heterocycles. The Kier molecular flexibility index (Phi) is 5.26. The van der Waals surface area contributed by atoms with Crippen molar-refractivity contribution in [2.75, 3.05) is 6.54 Å². The number of halogens is 3. The summed E-state index contributed by atoms with van der Waals surface area (Å²) in [6.07, 6.45) is 3.55. The summed E-state index contributed by atoms with van der Waals surface area (Å²) in [6, 6.07) is 3.57. The first-order valence-electron chi connectivity index (χ1n) is 6.05. The molecule has 1 aliphatic rings. The fourth-order valence-electron chi connectivity index (χ4n) is 2.42. The summed E-state index contributed by atoms with van der Waals surface area (Å²) in [7, 11) is 0. The zero-order valence-corrected chi connectivity index (χ0v) is 11.2. The van der Waals surface area contributed by atoms with Crippen molar-refractivity contribution in [3.8, 4) is 0 Å². The van der Waals surface area contributed by atoms with Gasteiger partial charge in [-0.15, -0.1) is 12.4 Å². The topological polar surface area (TPSA) is 55.1 Å². The summed E-state index contributed by atoms with van der Waals surface area (Å²) in [6.45, 7) is 0.315. The lowest BCUT2D eigenvalue weighted by Crippen LogP contribution is -2.51. The van der Waals surface area contributed by atoms with E-state index in [0.29, 0.717) is 6.54 Å². The second kappa shape index (κ2) is 6.30. The number of benzene rings is 1. The predicted octanol–water partition coefficient (Wildman–Crippen LogP) is 2.39. The zero-order chi connectivity index (χ0) is 13.2. The summed E-state index contributed by atoms with van der Waals surface area (Å²) in [5.41, 5.74) is 4.95. The number of amides is 1. The van der Waals surface area contributed by atoms with Crippen LogP contribution in [-0.4, -0.2) is 18.0 Å². The third-order valence-corrected chi connectivity index (χ3v) is 3.53. The molecule has 1 saturated carbocycles. The van der Waals surface area contributed by atoms with Gasteiger partial charge in [0, 0.05) is 6.54 Å². The molecule has 0 aliphatic heterocycles. The van der Waals surface area contributed by atoms with Crippen molar-refractivity contribution in [1.29, 1.82) is 0 Å². The first-order chi connectivity index (χ1) is 8.58. The fourth-order valence-corrected chi connectivity index (χ4v) is 2.42. The van der Waals surface area contributed by atoms with Gasteiger partial charge in [0.1, 0.15) is 0 Å². The van der Waals surface area contributed by atoms with Gasteiger partial charge in [-0.25, -0.2) is 8.78 Å². The Labute approximate surface area is 117 Å². The Morgan fingerprint density at radius 3 is 2.53 bits per heavy atom.